The normalized spacial score (nSPS) is 12.0. The van der Waals surface area contributed by atoms with Crippen LogP contribution in [0.4, 0.5) is 0 Å². The minimum atomic E-state index is 0.321. The molecule has 0 aliphatic heterocycles. The van der Waals surface area contributed by atoms with Gasteiger partial charge in [-0.3, -0.25) is 0 Å². The zero-order chi connectivity index (χ0) is 8.53. The minimum absolute atomic E-state index is 0.321. The number of rotatable bonds is 6. The van der Waals surface area contributed by atoms with Gasteiger partial charge in [0.25, 0.3) is 0 Å². The van der Waals surface area contributed by atoms with Gasteiger partial charge < -0.3 is 9.84 Å². The van der Waals surface area contributed by atoms with Gasteiger partial charge in [-0.25, -0.2) is 0 Å². The van der Waals surface area contributed by atoms with Crippen molar-refractivity contribution < 1.29 is 9.84 Å². The fraction of sp³-hybridized carbons (Fsp3) is 0.778. The molecule has 0 bridgehead atoms. The Hall–Kier alpha value is -0.500. The molecule has 66 valence electrons. The first-order valence-electron chi connectivity index (χ1n) is 4.23. The molecule has 2 heteroatoms. The van der Waals surface area contributed by atoms with Crippen molar-refractivity contribution in [1.82, 2.24) is 0 Å². The largest absolute Gasteiger partial charge is 0.510 e. The van der Waals surface area contributed by atoms with Crippen LogP contribution in [-0.4, -0.2) is 18.3 Å². The molecule has 0 amide bonds. The molecule has 0 aromatic heterocycles. The molecule has 0 aliphatic rings. The molecule has 0 heterocycles. The first kappa shape index (κ1) is 10.5. The predicted octanol–water partition coefficient (Wildman–Crippen LogP) is 2.66. The molecular formula is C9H18O2. The zero-order valence-electron chi connectivity index (χ0n) is 7.47. The van der Waals surface area contributed by atoms with Crippen molar-refractivity contribution in [3.05, 3.63) is 11.8 Å². The Balaban J connectivity index is 3.02. The molecule has 0 saturated carbocycles. The smallest absolute Gasteiger partial charge is 0.114 e. The average molecular weight is 158 g/mol. The van der Waals surface area contributed by atoms with Gasteiger partial charge in [0.15, 0.2) is 0 Å². The van der Waals surface area contributed by atoms with E-state index in [1.807, 2.05) is 0 Å². The van der Waals surface area contributed by atoms with Crippen molar-refractivity contribution in [2.45, 2.75) is 33.1 Å². The summed E-state index contributed by atoms with van der Waals surface area (Å²) < 4.78 is 5.17. The Bertz CT molecular complexity index is 108. The standard InChI is InChI=1S/C9H18O2/c1-3-5-6-7-11-8-9(10)4-2/h4,10H,3,5-8H2,1-2H3. The molecule has 0 aliphatic carbocycles. The molecule has 0 aromatic rings. The van der Waals surface area contributed by atoms with Crippen molar-refractivity contribution >= 4 is 0 Å². The van der Waals surface area contributed by atoms with Crippen LogP contribution >= 0.6 is 0 Å². The maximum atomic E-state index is 8.95. The molecule has 2 nitrogen and oxygen atoms in total. The summed E-state index contributed by atoms with van der Waals surface area (Å²) in [5.74, 6) is 0.321. The van der Waals surface area contributed by atoms with Gasteiger partial charge in [-0.15, -0.1) is 0 Å². The van der Waals surface area contributed by atoms with Gasteiger partial charge in [0.2, 0.25) is 0 Å². The lowest BCUT2D eigenvalue weighted by Crippen LogP contribution is -1.99. The topological polar surface area (TPSA) is 29.5 Å². The Morgan fingerprint density at radius 1 is 1.45 bits per heavy atom. The summed E-state index contributed by atoms with van der Waals surface area (Å²) in [6.45, 7) is 5.07. The summed E-state index contributed by atoms with van der Waals surface area (Å²) in [6, 6.07) is 0. The van der Waals surface area contributed by atoms with E-state index in [9.17, 15) is 0 Å². The van der Waals surface area contributed by atoms with E-state index in [0.717, 1.165) is 13.0 Å². The maximum Gasteiger partial charge on any atom is 0.114 e. The highest BCUT2D eigenvalue weighted by Crippen LogP contribution is 1.95. The lowest BCUT2D eigenvalue weighted by Gasteiger charge is -2.01. The van der Waals surface area contributed by atoms with E-state index in [4.69, 9.17) is 9.84 Å². The first-order valence-corrected chi connectivity index (χ1v) is 4.23. The van der Waals surface area contributed by atoms with E-state index in [1.165, 1.54) is 12.8 Å². The Morgan fingerprint density at radius 3 is 2.73 bits per heavy atom. The summed E-state index contributed by atoms with van der Waals surface area (Å²) in [4.78, 5) is 0. The van der Waals surface area contributed by atoms with Crippen molar-refractivity contribution in [2.24, 2.45) is 0 Å². The second kappa shape index (κ2) is 7.61. The first-order chi connectivity index (χ1) is 5.31. The van der Waals surface area contributed by atoms with Crippen LogP contribution < -0.4 is 0 Å². The van der Waals surface area contributed by atoms with Crippen molar-refractivity contribution in [2.75, 3.05) is 13.2 Å². The van der Waals surface area contributed by atoms with Gasteiger partial charge in [-0.2, -0.15) is 0 Å². The summed E-state index contributed by atoms with van der Waals surface area (Å²) >= 11 is 0. The fourth-order valence-corrected chi connectivity index (χ4v) is 0.714. The van der Waals surface area contributed by atoms with E-state index >= 15 is 0 Å². The number of hydrogen-bond acceptors (Lipinski definition) is 2. The zero-order valence-corrected chi connectivity index (χ0v) is 7.47. The van der Waals surface area contributed by atoms with Gasteiger partial charge in [0.1, 0.15) is 12.4 Å². The van der Waals surface area contributed by atoms with E-state index in [1.54, 1.807) is 13.0 Å². The quantitative estimate of drug-likeness (QED) is 0.475. The van der Waals surface area contributed by atoms with Crippen molar-refractivity contribution in [3.8, 4) is 0 Å². The lowest BCUT2D eigenvalue weighted by molar-refractivity contribution is 0.124. The van der Waals surface area contributed by atoms with Crippen LogP contribution in [0.3, 0.4) is 0 Å². The van der Waals surface area contributed by atoms with E-state index in [-0.39, 0.29) is 0 Å². The molecule has 0 rings (SSSR count). The Kier molecular flexibility index (Phi) is 7.26. The monoisotopic (exact) mass is 158 g/mol. The van der Waals surface area contributed by atoms with Crippen LogP contribution in [0.25, 0.3) is 0 Å². The molecule has 0 fully saturated rings. The van der Waals surface area contributed by atoms with Crippen molar-refractivity contribution in [1.29, 1.82) is 0 Å². The highest BCUT2D eigenvalue weighted by atomic mass is 16.5. The molecule has 0 spiro atoms. The summed E-state index contributed by atoms with van der Waals surface area (Å²) in [5.41, 5.74) is 0. The number of aliphatic hydroxyl groups is 1. The molecule has 11 heavy (non-hydrogen) atoms. The predicted molar refractivity (Wildman–Crippen MR) is 46.7 cm³/mol. The lowest BCUT2D eigenvalue weighted by atomic mass is 10.3. The highest BCUT2D eigenvalue weighted by molar-refractivity contribution is 4.86. The Morgan fingerprint density at radius 2 is 2.18 bits per heavy atom. The van der Waals surface area contributed by atoms with Crippen LogP contribution in [0.1, 0.15) is 33.1 Å². The average Bonchev–Trinajstić information content (AvgIpc) is 2.04. The maximum absolute atomic E-state index is 8.95. The molecule has 0 unspecified atom stereocenters. The van der Waals surface area contributed by atoms with Crippen LogP contribution in [-0.2, 0) is 4.74 Å². The Labute approximate surface area is 68.9 Å². The van der Waals surface area contributed by atoms with E-state index in [2.05, 4.69) is 6.92 Å². The molecular weight excluding hydrogens is 140 g/mol. The van der Waals surface area contributed by atoms with Crippen LogP contribution in [0.15, 0.2) is 11.8 Å². The van der Waals surface area contributed by atoms with Crippen LogP contribution in [0, 0.1) is 0 Å². The molecule has 0 atom stereocenters. The third-order valence-electron chi connectivity index (χ3n) is 1.48. The van der Waals surface area contributed by atoms with Gasteiger partial charge in [0, 0.05) is 6.61 Å². The number of aliphatic hydroxyl groups excluding tert-OH is 1. The number of hydrogen-bond donors (Lipinski definition) is 1. The SMILES string of the molecule is CC=C(O)COCCCCC. The third kappa shape index (κ3) is 7.40. The number of allylic oxidation sites excluding steroid dienone is 1. The molecule has 1 N–H and O–H groups in total. The summed E-state index contributed by atoms with van der Waals surface area (Å²) in [5, 5.41) is 8.95. The van der Waals surface area contributed by atoms with Gasteiger partial charge in [0.05, 0.1) is 0 Å². The molecule has 0 saturated heterocycles. The minimum Gasteiger partial charge on any atom is -0.510 e. The summed E-state index contributed by atoms with van der Waals surface area (Å²) in [7, 11) is 0. The fourth-order valence-electron chi connectivity index (χ4n) is 0.714. The van der Waals surface area contributed by atoms with Crippen molar-refractivity contribution in [3.63, 3.8) is 0 Å². The van der Waals surface area contributed by atoms with E-state index in [0.29, 0.717) is 12.4 Å². The van der Waals surface area contributed by atoms with Gasteiger partial charge >= 0.3 is 0 Å². The van der Waals surface area contributed by atoms with E-state index < -0.39 is 0 Å². The van der Waals surface area contributed by atoms with Crippen LogP contribution in [0.2, 0.25) is 0 Å². The second-order valence-corrected chi connectivity index (χ2v) is 2.54. The molecule has 0 aromatic carbocycles. The highest BCUT2D eigenvalue weighted by Gasteiger charge is 1.90. The van der Waals surface area contributed by atoms with Gasteiger partial charge in [-0.05, 0) is 19.4 Å². The summed E-state index contributed by atoms with van der Waals surface area (Å²) in [6.07, 6.45) is 5.16. The number of ether oxygens (including phenoxy) is 1. The second-order valence-electron chi connectivity index (χ2n) is 2.54. The van der Waals surface area contributed by atoms with Crippen LogP contribution in [0.5, 0.6) is 0 Å². The van der Waals surface area contributed by atoms with Gasteiger partial charge in [-0.1, -0.05) is 19.8 Å². The third-order valence-corrected chi connectivity index (χ3v) is 1.48. The molecule has 0 radical (unpaired) electrons. The number of unbranched alkanes of at least 4 members (excludes halogenated alkanes) is 2.